The zero-order chi connectivity index (χ0) is 2.71. The van der Waals surface area contributed by atoms with Gasteiger partial charge in [0.15, 0.2) is 0 Å². The van der Waals surface area contributed by atoms with Gasteiger partial charge in [-0.15, -0.1) is 0 Å². The van der Waals surface area contributed by atoms with Crippen molar-refractivity contribution in [2.24, 2.45) is 0 Å². The normalized spacial score (nSPS) is 1.60. The first-order valence-corrected chi connectivity index (χ1v) is 0.836. The van der Waals surface area contributed by atoms with Crippen molar-refractivity contribution >= 4 is 17.4 Å². The Morgan fingerprint density at radius 3 is 1.60 bits per heavy atom. The first kappa shape index (κ1) is 17.8. The van der Waals surface area contributed by atoms with Crippen LogP contribution in [0.4, 0.5) is 0 Å². The molecule has 0 rings (SSSR count). The van der Waals surface area contributed by atoms with Gasteiger partial charge in [-0.25, -0.2) is 0 Å². The molecule has 0 aliphatic carbocycles. The first-order chi connectivity index (χ1) is 1.41. The van der Waals surface area contributed by atoms with E-state index in [1.807, 2.05) is 0 Å². The van der Waals surface area contributed by atoms with E-state index in [0.717, 1.165) is 0 Å². The van der Waals surface area contributed by atoms with Crippen LogP contribution in [0.15, 0.2) is 0 Å². The van der Waals surface area contributed by atoms with Crippen LogP contribution in [-0.4, -0.2) is 5.16 Å². The Balaban J connectivity index is -0.0000000200. The predicted octanol–water partition coefficient (Wildman–Crippen LogP) is 1.03. The number of nitrogens with zero attached hydrogens (tertiary/aromatic N) is 1. The molecule has 35 valence electrons. The summed E-state index contributed by atoms with van der Waals surface area (Å²) in [6, 6.07) is 0. The van der Waals surface area contributed by atoms with E-state index in [-0.39, 0.29) is 28.5 Å². The monoisotopic (exact) mass is 273 g/mol. The summed E-state index contributed by atoms with van der Waals surface area (Å²) in [4.78, 5) is 0. The Labute approximate surface area is 51.6 Å². The molecule has 0 bridgehead atoms. The minimum absolute atomic E-state index is 0. The van der Waals surface area contributed by atoms with Crippen molar-refractivity contribution in [2.75, 3.05) is 0 Å². The van der Waals surface area contributed by atoms with E-state index in [0.29, 0.717) is 0 Å². The topological polar surface area (TPSA) is 58.8 Å². The molecule has 4 N–H and O–H groups in total. The maximum atomic E-state index is 7.13. The largest absolute Gasteiger partial charge is 0.753 e. The standard InChI is InChI=1S/CNS.Au.H3N/c2-1-3;;/h;;1H3/q-1;;/p+1. The van der Waals surface area contributed by atoms with Crippen molar-refractivity contribution in [3.63, 3.8) is 0 Å². The van der Waals surface area contributed by atoms with Crippen molar-refractivity contribution in [3.8, 4) is 0 Å². The fourth-order valence-corrected chi connectivity index (χ4v) is 0. The fourth-order valence-electron chi connectivity index (χ4n) is 0. The van der Waals surface area contributed by atoms with Crippen LogP contribution in [0.1, 0.15) is 0 Å². The van der Waals surface area contributed by atoms with Crippen molar-refractivity contribution < 1.29 is 22.4 Å². The molecule has 0 saturated heterocycles. The second-order valence-corrected chi connectivity index (χ2v) is 0.274. The van der Waals surface area contributed by atoms with Crippen LogP contribution >= 0.6 is 12.2 Å². The average Bonchev–Trinajstić information content (AvgIpc) is 0.918. The average molecular weight is 273 g/mol. The zero-order valence-electron chi connectivity index (χ0n) is 2.66. The summed E-state index contributed by atoms with van der Waals surface area (Å²) in [5, 5.41) is 8.47. The molecular weight excluding hydrogens is 269 g/mol. The van der Waals surface area contributed by atoms with Gasteiger partial charge in [0, 0.05) is 22.4 Å². The van der Waals surface area contributed by atoms with E-state index < -0.39 is 0 Å². The predicted molar refractivity (Wildman–Crippen MR) is 21.9 cm³/mol. The second kappa shape index (κ2) is 24.5. The van der Waals surface area contributed by atoms with Gasteiger partial charge < -0.3 is 11.6 Å². The summed E-state index contributed by atoms with van der Waals surface area (Å²) in [6.45, 7) is 0. The molecule has 0 aromatic carbocycles. The summed E-state index contributed by atoms with van der Waals surface area (Å²) < 4.78 is 0. The molecule has 0 heterocycles. The van der Waals surface area contributed by atoms with E-state index >= 15 is 0 Å². The van der Waals surface area contributed by atoms with Crippen molar-refractivity contribution in [1.29, 1.82) is 0 Å². The second-order valence-electron chi connectivity index (χ2n) is 0.0913. The van der Waals surface area contributed by atoms with Crippen LogP contribution < -0.4 is 6.15 Å². The zero-order valence-corrected chi connectivity index (χ0v) is 5.64. The Hall–Kier alpha value is 0.500. The Bertz CT molecular complexity index is 30.6. The number of quaternary nitrogens is 1. The molecule has 0 fully saturated rings. The van der Waals surface area contributed by atoms with Gasteiger partial charge in [0.1, 0.15) is 0 Å². The van der Waals surface area contributed by atoms with Gasteiger partial charge in [0.2, 0.25) is 0 Å². The summed E-state index contributed by atoms with van der Waals surface area (Å²) in [5.41, 5.74) is 0. The van der Waals surface area contributed by atoms with E-state index in [2.05, 4.69) is 12.2 Å². The molecule has 1 radical (unpaired) electrons. The summed E-state index contributed by atoms with van der Waals surface area (Å²) in [7, 11) is 0. The number of hydrogen-bond donors (Lipinski definition) is 1. The van der Waals surface area contributed by atoms with E-state index in [9.17, 15) is 0 Å². The van der Waals surface area contributed by atoms with Crippen LogP contribution in [0, 0.1) is 0 Å². The molecule has 5 heavy (non-hydrogen) atoms. The third-order valence-electron chi connectivity index (χ3n) is 0. The minimum atomic E-state index is 0. The smallest absolute Gasteiger partial charge is 0 e. The number of hydrogen-bond acceptors (Lipinski definition) is 1. The van der Waals surface area contributed by atoms with E-state index in [1.54, 1.807) is 0 Å². The molecule has 0 aromatic heterocycles. The van der Waals surface area contributed by atoms with Crippen LogP contribution in [0.25, 0.3) is 5.41 Å². The summed E-state index contributed by atoms with van der Waals surface area (Å²) in [5.74, 6) is 0. The molecule has 2 nitrogen and oxygen atoms in total. The van der Waals surface area contributed by atoms with E-state index in [1.165, 1.54) is 5.16 Å². The molecule has 0 aliphatic heterocycles. The number of thiocarbonyl (C=S) groups is 1. The van der Waals surface area contributed by atoms with Gasteiger partial charge in [-0.05, 0) is 0 Å². The Morgan fingerprint density at radius 1 is 1.60 bits per heavy atom. The van der Waals surface area contributed by atoms with Crippen LogP contribution in [0.3, 0.4) is 0 Å². The van der Waals surface area contributed by atoms with Gasteiger partial charge >= 0.3 is 0 Å². The number of rotatable bonds is 0. The number of isothiocyanates is 1. The molecule has 0 atom stereocenters. The van der Waals surface area contributed by atoms with Crippen molar-refractivity contribution in [3.05, 3.63) is 5.41 Å². The molecule has 4 heteroatoms. The van der Waals surface area contributed by atoms with Gasteiger partial charge in [-0.1, -0.05) is 12.2 Å². The SMILES string of the molecule is [Au].[N-]=C=S.[NH4+]. The Kier molecular flexibility index (Phi) is 87.3. The third kappa shape index (κ3) is 112. The molecular formula is CH4AuN2S. The van der Waals surface area contributed by atoms with Crippen molar-refractivity contribution in [2.45, 2.75) is 0 Å². The molecule has 0 saturated carbocycles. The van der Waals surface area contributed by atoms with Crippen molar-refractivity contribution in [1.82, 2.24) is 6.15 Å². The molecule has 0 amide bonds. The van der Waals surface area contributed by atoms with Crippen LogP contribution in [0.2, 0.25) is 0 Å². The van der Waals surface area contributed by atoms with Crippen LogP contribution in [-0.2, 0) is 22.4 Å². The quantitative estimate of drug-likeness (QED) is 0.400. The van der Waals surface area contributed by atoms with Gasteiger partial charge in [-0.2, -0.15) is 5.16 Å². The van der Waals surface area contributed by atoms with Gasteiger partial charge in [0.25, 0.3) is 0 Å². The maximum Gasteiger partial charge on any atom is 0 e. The van der Waals surface area contributed by atoms with Crippen LogP contribution in [0.5, 0.6) is 0 Å². The molecule has 0 aromatic rings. The minimum Gasteiger partial charge on any atom is -0.753 e. The molecule has 0 unspecified atom stereocenters. The third-order valence-corrected chi connectivity index (χ3v) is 0. The molecule has 0 spiro atoms. The maximum absolute atomic E-state index is 7.13. The van der Waals surface area contributed by atoms with Gasteiger partial charge in [-0.3, -0.25) is 0 Å². The fraction of sp³-hybridized carbons (Fsp3) is 0. The first-order valence-electron chi connectivity index (χ1n) is 0.428. The summed E-state index contributed by atoms with van der Waals surface area (Å²) in [6.07, 6.45) is 0. The summed E-state index contributed by atoms with van der Waals surface area (Å²) >= 11 is 3.70. The van der Waals surface area contributed by atoms with Gasteiger partial charge in [0.05, 0.1) is 0 Å². The Morgan fingerprint density at radius 2 is 1.60 bits per heavy atom. The van der Waals surface area contributed by atoms with E-state index in [4.69, 9.17) is 5.41 Å². The molecule has 0 aliphatic rings.